The minimum atomic E-state index is -0.452. The molecule has 0 aliphatic heterocycles. The molecule has 0 spiro atoms. The molecule has 2 amide bonds. The van der Waals surface area contributed by atoms with Gasteiger partial charge in [-0.15, -0.1) is 0 Å². The second kappa shape index (κ2) is 7.21. The predicted molar refractivity (Wildman–Crippen MR) is 78.7 cm³/mol. The molecule has 6 heteroatoms. The molecule has 5 nitrogen and oxygen atoms in total. The Balaban J connectivity index is 1.87. The van der Waals surface area contributed by atoms with Crippen LogP contribution < -0.4 is 15.6 Å². The SMILES string of the molecule is COc1cccc(C(=O)NNC(=O)Cc2ccc(F)cc2)c1. The fourth-order valence-corrected chi connectivity index (χ4v) is 1.79. The third kappa shape index (κ3) is 4.31. The van der Waals surface area contributed by atoms with Gasteiger partial charge in [-0.3, -0.25) is 20.4 Å². The molecule has 0 radical (unpaired) electrons. The molecule has 2 aromatic rings. The number of hydrazine groups is 1. The Labute approximate surface area is 127 Å². The Bertz CT molecular complexity index is 671. The van der Waals surface area contributed by atoms with Crippen molar-refractivity contribution in [2.24, 2.45) is 0 Å². The number of methoxy groups -OCH3 is 1. The summed E-state index contributed by atoms with van der Waals surface area (Å²) in [6.07, 6.45) is 0.0403. The summed E-state index contributed by atoms with van der Waals surface area (Å²) < 4.78 is 17.8. The Morgan fingerprint density at radius 2 is 1.82 bits per heavy atom. The molecule has 2 aromatic carbocycles. The van der Waals surface area contributed by atoms with Crippen LogP contribution in [0.5, 0.6) is 5.75 Å². The molecule has 0 fully saturated rings. The molecule has 0 aromatic heterocycles. The first-order valence-electron chi connectivity index (χ1n) is 6.56. The van der Waals surface area contributed by atoms with Crippen LogP contribution in [0.3, 0.4) is 0 Å². The summed E-state index contributed by atoms with van der Waals surface area (Å²) in [7, 11) is 1.50. The molecular weight excluding hydrogens is 287 g/mol. The monoisotopic (exact) mass is 302 g/mol. The van der Waals surface area contributed by atoms with E-state index >= 15 is 0 Å². The van der Waals surface area contributed by atoms with Crippen molar-refractivity contribution < 1.29 is 18.7 Å². The highest BCUT2D eigenvalue weighted by atomic mass is 19.1. The van der Waals surface area contributed by atoms with Crippen LogP contribution in [0.1, 0.15) is 15.9 Å². The molecule has 22 heavy (non-hydrogen) atoms. The van der Waals surface area contributed by atoms with Crippen molar-refractivity contribution in [1.82, 2.24) is 10.9 Å². The predicted octanol–water partition coefficient (Wildman–Crippen LogP) is 1.84. The molecule has 0 aliphatic carbocycles. The lowest BCUT2D eigenvalue weighted by Crippen LogP contribution is -2.42. The van der Waals surface area contributed by atoms with E-state index in [-0.39, 0.29) is 12.2 Å². The zero-order chi connectivity index (χ0) is 15.9. The molecule has 0 heterocycles. The molecule has 2 rings (SSSR count). The van der Waals surface area contributed by atoms with Crippen LogP contribution in [0.25, 0.3) is 0 Å². The Morgan fingerprint density at radius 1 is 1.09 bits per heavy atom. The number of carbonyl (C=O) groups is 2. The van der Waals surface area contributed by atoms with Gasteiger partial charge in [-0.1, -0.05) is 18.2 Å². The van der Waals surface area contributed by atoms with E-state index in [1.807, 2.05) is 0 Å². The molecule has 0 atom stereocenters. The zero-order valence-electron chi connectivity index (χ0n) is 11.9. The number of carbonyl (C=O) groups excluding carboxylic acids is 2. The minimum absolute atomic E-state index is 0.0403. The van der Waals surface area contributed by atoms with Crippen molar-refractivity contribution in [3.63, 3.8) is 0 Å². The molecule has 114 valence electrons. The molecular formula is C16H15FN2O3. The van der Waals surface area contributed by atoms with Gasteiger partial charge in [0, 0.05) is 5.56 Å². The fourth-order valence-electron chi connectivity index (χ4n) is 1.79. The largest absolute Gasteiger partial charge is 0.497 e. The van der Waals surface area contributed by atoms with Crippen LogP contribution >= 0.6 is 0 Å². The highest BCUT2D eigenvalue weighted by Crippen LogP contribution is 2.12. The standard InChI is InChI=1S/C16H15FN2O3/c1-22-14-4-2-3-12(10-14)16(21)19-18-15(20)9-11-5-7-13(17)8-6-11/h2-8,10H,9H2,1H3,(H,18,20)(H,19,21). The van der Waals surface area contributed by atoms with E-state index in [1.54, 1.807) is 24.3 Å². The first kappa shape index (κ1) is 15.5. The smallest absolute Gasteiger partial charge is 0.269 e. The van der Waals surface area contributed by atoms with E-state index in [2.05, 4.69) is 10.9 Å². The summed E-state index contributed by atoms with van der Waals surface area (Å²) in [4.78, 5) is 23.6. The van der Waals surface area contributed by atoms with Crippen molar-refractivity contribution in [3.8, 4) is 5.75 Å². The molecule has 0 saturated heterocycles. The fraction of sp³-hybridized carbons (Fsp3) is 0.125. The van der Waals surface area contributed by atoms with E-state index in [0.29, 0.717) is 16.9 Å². The maximum absolute atomic E-state index is 12.8. The van der Waals surface area contributed by atoms with Gasteiger partial charge >= 0.3 is 0 Å². The molecule has 2 N–H and O–H groups in total. The number of ether oxygens (including phenoxy) is 1. The van der Waals surface area contributed by atoms with Gasteiger partial charge in [0.1, 0.15) is 11.6 Å². The topological polar surface area (TPSA) is 67.4 Å². The Kier molecular flexibility index (Phi) is 5.08. The summed E-state index contributed by atoms with van der Waals surface area (Å²) >= 11 is 0. The van der Waals surface area contributed by atoms with Gasteiger partial charge in [0.2, 0.25) is 5.91 Å². The molecule has 0 unspecified atom stereocenters. The van der Waals surface area contributed by atoms with Gasteiger partial charge < -0.3 is 4.74 Å². The van der Waals surface area contributed by atoms with Crippen LogP contribution in [-0.4, -0.2) is 18.9 Å². The number of hydrogen-bond acceptors (Lipinski definition) is 3. The van der Waals surface area contributed by atoms with Crippen molar-refractivity contribution in [2.75, 3.05) is 7.11 Å². The van der Waals surface area contributed by atoms with Gasteiger partial charge in [0.05, 0.1) is 13.5 Å². The zero-order valence-corrected chi connectivity index (χ0v) is 11.9. The van der Waals surface area contributed by atoms with Crippen LogP contribution in [0.2, 0.25) is 0 Å². The number of hydrogen-bond donors (Lipinski definition) is 2. The third-order valence-corrected chi connectivity index (χ3v) is 2.93. The first-order chi connectivity index (χ1) is 10.6. The minimum Gasteiger partial charge on any atom is -0.497 e. The lowest BCUT2D eigenvalue weighted by atomic mass is 10.1. The average molecular weight is 302 g/mol. The van der Waals surface area contributed by atoms with E-state index in [4.69, 9.17) is 4.74 Å². The maximum Gasteiger partial charge on any atom is 0.269 e. The number of amides is 2. The van der Waals surface area contributed by atoms with Crippen LogP contribution in [0, 0.1) is 5.82 Å². The van der Waals surface area contributed by atoms with Crippen LogP contribution in [0.15, 0.2) is 48.5 Å². The second-order valence-corrected chi connectivity index (χ2v) is 4.54. The van der Waals surface area contributed by atoms with Crippen molar-refractivity contribution in [1.29, 1.82) is 0 Å². The van der Waals surface area contributed by atoms with Gasteiger partial charge in [-0.2, -0.15) is 0 Å². The van der Waals surface area contributed by atoms with Crippen molar-refractivity contribution in [2.45, 2.75) is 6.42 Å². The Morgan fingerprint density at radius 3 is 2.50 bits per heavy atom. The number of halogens is 1. The normalized spacial score (nSPS) is 9.91. The highest BCUT2D eigenvalue weighted by molar-refractivity contribution is 5.95. The number of rotatable bonds is 4. The number of benzene rings is 2. The molecule has 0 aliphatic rings. The second-order valence-electron chi connectivity index (χ2n) is 4.54. The van der Waals surface area contributed by atoms with E-state index in [9.17, 15) is 14.0 Å². The lowest BCUT2D eigenvalue weighted by molar-refractivity contribution is -0.121. The highest BCUT2D eigenvalue weighted by Gasteiger charge is 2.09. The van der Waals surface area contributed by atoms with Crippen LogP contribution in [0.4, 0.5) is 4.39 Å². The quantitative estimate of drug-likeness (QED) is 0.847. The number of nitrogens with one attached hydrogen (secondary N) is 2. The first-order valence-corrected chi connectivity index (χ1v) is 6.56. The summed E-state index contributed by atoms with van der Waals surface area (Å²) in [5.74, 6) is -0.671. The third-order valence-electron chi connectivity index (χ3n) is 2.93. The van der Waals surface area contributed by atoms with E-state index in [1.165, 1.54) is 31.4 Å². The van der Waals surface area contributed by atoms with Crippen LogP contribution in [-0.2, 0) is 11.2 Å². The maximum atomic E-state index is 12.8. The van der Waals surface area contributed by atoms with Gasteiger partial charge in [0.15, 0.2) is 0 Å². The summed E-state index contributed by atoms with van der Waals surface area (Å²) in [6.45, 7) is 0. The van der Waals surface area contributed by atoms with Gasteiger partial charge in [0.25, 0.3) is 5.91 Å². The van der Waals surface area contributed by atoms with Crippen molar-refractivity contribution >= 4 is 11.8 Å². The average Bonchev–Trinajstić information content (AvgIpc) is 2.55. The lowest BCUT2D eigenvalue weighted by Gasteiger charge is -2.08. The summed E-state index contributed by atoms with van der Waals surface area (Å²) in [5.41, 5.74) is 5.63. The van der Waals surface area contributed by atoms with Gasteiger partial charge in [-0.25, -0.2) is 4.39 Å². The van der Waals surface area contributed by atoms with E-state index < -0.39 is 11.8 Å². The van der Waals surface area contributed by atoms with Crippen molar-refractivity contribution in [3.05, 3.63) is 65.5 Å². The summed E-state index contributed by atoms with van der Waals surface area (Å²) in [6, 6.07) is 12.1. The molecule has 0 bridgehead atoms. The van der Waals surface area contributed by atoms with E-state index in [0.717, 1.165) is 0 Å². The molecule has 0 saturated carbocycles. The Hall–Kier alpha value is -2.89. The summed E-state index contributed by atoms with van der Waals surface area (Å²) in [5, 5.41) is 0. The van der Waals surface area contributed by atoms with Gasteiger partial charge in [-0.05, 0) is 35.9 Å².